The SMILES string of the molecule is CC(N)C1CCCN(C(=O)C2CCCO2)C1. The van der Waals surface area contributed by atoms with E-state index in [1.54, 1.807) is 0 Å². The first-order valence-corrected chi connectivity index (χ1v) is 6.34. The summed E-state index contributed by atoms with van der Waals surface area (Å²) in [5, 5.41) is 0. The second-order valence-electron chi connectivity index (χ2n) is 5.05. The van der Waals surface area contributed by atoms with Crippen LogP contribution in [0.5, 0.6) is 0 Å². The van der Waals surface area contributed by atoms with Gasteiger partial charge in [-0.25, -0.2) is 0 Å². The number of nitrogens with two attached hydrogens (primary N) is 1. The van der Waals surface area contributed by atoms with Gasteiger partial charge in [-0.3, -0.25) is 4.79 Å². The van der Waals surface area contributed by atoms with Crippen molar-refractivity contribution in [1.82, 2.24) is 4.90 Å². The molecule has 3 atom stereocenters. The topological polar surface area (TPSA) is 55.6 Å². The zero-order valence-corrected chi connectivity index (χ0v) is 10.0. The minimum absolute atomic E-state index is 0.174. The van der Waals surface area contributed by atoms with Crippen LogP contribution < -0.4 is 5.73 Å². The van der Waals surface area contributed by atoms with Crippen molar-refractivity contribution in [3.63, 3.8) is 0 Å². The fourth-order valence-electron chi connectivity index (χ4n) is 2.62. The summed E-state index contributed by atoms with van der Waals surface area (Å²) in [6.45, 7) is 4.46. The molecule has 0 aromatic rings. The molecule has 0 saturated carbocycles. The molecular weight excluding hydrogens is 204 g/mol. The van der Waals surface area contributed by atoms with Crippen LogP contribution in [-0.2, 0) is 9.53 Å². The van der Waals surface area contributed by atoms with Crippen molar-refractivity contribution >= 4 is 5.91 Å². The Labute approximate surface area is 97.1 Å². The van der Waals surface area contributed by atoms with E-state index in [9.17, 15) is 4.79 Å². The van der Waals surface area contributed by atoms with Crippen LogP contribution in [0.1, 0.15) is 32.6 Å². The van der Waals surface area contributed by atoms with Crippen molar-refractivity contribution < 1.29 is 9.53 Å². The maximum Gasteiger partial charge on any atom is 0.251 e. The highest BCUT2D eigenvalue weighted by Gasteiger charge is 2.32. The molecule has 0 spiro atoms. The Morgan fingerprint density at radius 1 is 1.44 bits per heavy atom. The van der Waals surface area contributed by atoms with Gasteiger partial charge in [0.05, 0.1) is 0 Å². The lowest BCUT2D eigenvalue weighted by atomic mass is 9.92. The van der Waals surface area contributed by atoms with Crippen LogP contribution >= 0.6 is 0 Å². The molecule has 0 bridgehead atoms. The van der Waals surface area contributed by atoms with Gasteiger partial charge in [0.15, 0.2) is 0 Å². The fraction of sp³-hybridized carbons (Fsp3) is 0.917. The van der Waals surface area contributed by atoms with Gasteiger partial charge in [0.2, 0.25) is 0 Å². The molecule has 2 rings (SSSR count). The molecule has 4 heteroatoms. The van der Waals surface area contributed by atoms with Gasteiger partial charge in [0.1, 0.15) is 6.10 Å². The van der Waals surface area contributed by atoms with Crippen molar-refractivity contribution in [1.29, 1.82) is 0 Å². The lowest BCUT2D eigenvalue weighted by Gasteiger charge is -2.35. The van der Waals surface area contributed by atoms with Crippen molar-refractivity contribution in [3.8, 4) is 0 Å². The predicted octanol–water partition coefficient (Wildman–Crippen LogP) is 0.751. The highest BCUT2D eigenvalue weighted by Crippen LogP contribution is 2.22. The maximum absolute atomic E-state index is 12.1. The zero-order valence-electron chi connectivity index (χ0n) is 10.0. The number of ether oxygens (including phenoxy) is 1. The van der Waals surface area contributed by atoms with Crippen LogP contribution in [0.2, 0.25) is 0 Å². The summed E-state index contributed by atoms with van der Waals surface area (Å²) in [4.78, 5) is 14.1. The van der Waals surface area contributed by atoms with Gasteiger partial charge in [-0.2, -0.15) is 0 Å². The number of carbonyl (C=O) groups is 1. The minimum Gasteiger partial charge on any atom is -0.368 e. The summed E-state index contributed by atoms with van der Waals surface area (Å²) >= 11 is 0. The number of amides is 1. The Morgan fingerprint density at radius 2 is 2.25 bits per heavy atom. The van der Waals surface area contributed by atoms with E-state index in [-0.39, 0.29) is 18.1 Å². The highest BCUT2D eigenvalue weighted by atomic mass is 16.5. The van der Waals surface area contributed by atoms with Gasteiger partial charge in [-0.15, -0.1) is 0 Å². The molecule has 0 aliphatic carbocycles. The first kappa shape index (κ1) is 11.9. The van der Waals surface area contributed by atoms with Crippen molar-refractivity contribution in [2.45, 2.75) is 44.8 Å². The maximum atomic E-state index is 12.1. The normalized spacial score (nSPS) is 32.8. The molecule has 4 nitrogen and oxygen atoms in total. The largest absolute Gasteiger partial charge is 0.368 e. The Balaban J connectivity index is 1.90. The van der Waals surface area contributed by atoms with E-state index in [1.165, 1.54) is 0 Å². The molecule has 16 heavy (non-hydrogen) atoms. The van der Waals surface area contributed by atoms with Gasteiger partial charge >= 0.3 is 0 Å². The van der Waals surface area contributed by atoms with Gasteiger partial charge in [0, 0.05) is 25.7 Å². The second-order valence-corrected chi connectivity index (χ2v) is 5.05. The second kappa shape index (κ2) is 5.15. The van der Waals surface area contributed by atoms with E-state index in [0.717, 1.165) is 45.4 Å². The van der Waals surface area contributed by atoms with Crippen LogP contribution in [-0.4, -0.2) is 42.6 Å². The van der Waals surface area contributed by atoms with Crippen LogP contribution in [0.3, 0.4) is 0 Å². The molecule has 1 amide bonds. The number of hydrogen-bond donors (Lipinski definition) is 1. The number of rotatable bonds is 2. The van der Waals surface area contributed by atoms with Crippen molar-refractivity contribution in [2.24, 2.45) is 11.7 Å². The van der Waals surface area contributed by atoms with E-state index < -0.39 is 0 Å². The standard InChI is InChI=1S/C12H22N2O2/c1-9(13)10-4-2-6-14(8-10)12(15)11-5-3-7-16-11/h9-11H,2-8,13H2,1H3. The Bertz CT molecular complexity index is 249. The first-order chi connectivity index (χ1) is 7.68. The molecule has 92 valence electrons. The number of nitrogens with zero attached hydrogens (tertiary/aromatic N) is 1. The quantitative estimate of drug-likeness (QED) is 0.756. The van der Waals surface area contributed by atoms with Crippen LogP contribution in [0.4, 0.5) is 0 Å². The number of carbonyl (C=O) groups excluding carboxylic acids is 1. The van der Waals surface area contributed by atoms with Crippen molar-refractivity contribution in [3.05, 3.63) is 0 Å². The molecule has 0 aromatic carbocycles. The molecule has 3 unspecified atom stereocenters. The Hall–Kier alpha value is -0.610. The first-order valence-electron chi connectivity index (χ1n) is 6.34. The molecule has 2 fully saturated rings. The third kappa shape index (κ3) is 2.55. The average molecular weight is 226 g/mol. The predicted molar refractivity (Wildman–Crippen MR) is 61.9 cm³/mol. The number of likely N-dealkylation sites (tertiary alicyclic amines) is 1. The zero-order chi connectivity index (χ0) is 11.5. The van der Waals surface area contributed by atoms with Crippen molar-refractivity contribution in [2.75, 3.05) is 19.7 Å². The lowest BCUT2D eigenvalue weighted by molar-refractivity contribution is -0.142. The summed E-state index contributed by atoms with van der Waals surface area (Å²) in [6.07, 6.45) is 3.95. The Morgan fingerprint density at radius 3 is 2.88 bits per heavy atom. The monoisotopic (exact) mass is 226 g/mol. The summed E-state index contributed by atoms with van der Waals surface area (Å²) in [6, 6.07) is 0.181. The van der Waals surface area contributed by atoms with Gasteiger partial charge < -0.3 is 15.4 Å². The molecule has 2 aliphatic heterocycles. The summed E-state index contributed by atoms with van der Waals surface area (Å²) in [5.41, 5.74) is 5.91. The van der Waals surface area contributed by atoms with E-state index in [2.05, 4.69) is 0 Å². The van der Waals surface area contributed by atoms with Gasteiger partial charge in [0.25, 0.3) is 5.91 Å². The number of hydrogen-bond acceptors (Lipinski definition) is 3. The van der Waals surface area contributed by atoms with Crippen LogP contribution in [0.15, 0.2) is 0 Å². The summed E-state index contributed by atoms with van der Waals surface area (Å²) in [5.74, 6) is 0.641. The lowest BCUT2D eigenvalue weighted by Crippen LogP contribution is -2.48. The third-order valence-electron chi connectivity index (χ3n) is 3.72. The Kier molecular flexibility index (Phi) is 3.82. The summed E-state index contributed by atoms with van der Waals surface area (Å²) < 4.78 is 5.44. The molecule has 2 aliphatic rings. The molecule has 2 saturated heterocycles. The average Bonchev–Trinajstić information content (AvgIpc) is 2.81. The van der Waals surface area contributed by atoms with Crippen LogP contribution in [0, 0.1) is 5.92 Å². The van der Waals surface area contributed by atoms with E-state index in [4.69, 9.17) is 10.5 Å². The molecule has 2 heterocycles. The van der Waals surface area contributed by atoms with E-state index in [0.29, 0.717) is 5.92 Å². The van der Waals surface area contributed by atoms with Gasteiger partial charge in [-0.1, -0.05) is 0 Å². The molecular formula is C12H22N2O2. The van der Waals surface area contributed by atoms with E-state index >= 15 is 0 Å². The van der Waals surface area contributed by atoms with Gasteiger partial charge in [-0.05, 0) is 38.5 Å². The fourth-order valence-corrected chi connectivity index (χ4v) is 2.62. The smallest absolute Gasteiger partial charge is 0.251 e. The molecule has 0 aromatic heterocycles. The van der Waals surface area contributed by atoms with E-state index in [1.807, 2.05) is 11.8 Å². The molecule has 2 N–H and O–H groups in total. The minimum atomic E-state index is -0.174. The number of piperidine rings is 1. The highest BCUT2D eigenvalue weighted by molar-refractivity contribution is 5.81. The third-order valence-corrected chi connectivity index (χ3v) is 3.72. The molecule has 0 radical (unpaired) electrons. The summed E-state index contributed by atoms with van der Waals surface area (Å²) in [7, 11) is 0. The van der Waals surface area contributed by atoms with Crippen LogP contribution in [0.25, 0.3) is 0 Å².